The topological polar surface area (TPSA) is 125 Å². The van der Waals surface area contributed by atoms with Crippen LogP contribution in [0.2, 0.25) is 0 Å². The number of carbonyl (C=O) groups excluding carboxylic acids is 2. The summed E-state index contributed by atoms with van der Waals surface area (Å²) in [6.45, 7) is -0.0518. The Hall–Kier alpha value is -3.44. The summed E-state index contributed by atoms with van der Waals surface area (Å²) >= 11 is 1.98. The normalized spacial score (nSPS) is 12.9. The molecule has 1 aliphatic rings. The molecule has 0 heterocycles. The molecule has 9 heteroatoms. The number of aliphatic hydroxyl groups is 1. The average Bonchev–Trinajstić information content (AvgIpc) is 3.16. The zero-order valence-corrected chi connectivity index (χ0v) is 20.7. The number of nitrogens with one attached hydrogen (secondary N) is 2. The third-order valence-electron chi connectivity index (χ3n) is 5.73. The van der Waals surface area contributed by atoms with Crippen LogP contribution < -0.4 is 10.6 Å². The summed E-state index contributed by atoms with van der Waals surface area (Å²) in [6.07, 6.45) is -2.20. The third-order valence-corrected chi connectivity index (χ3v) is 6.40. The molecular weight excluding hydrogens is 563 g/mol. The number of hydrogen-bond acceptors (Lipinski definition) is 5. The number of amides is 2. The minimum atomic E-state index is -1.17. The van der Waals surface area contributed by atoms with Crippen LogP contribution in [0.25, 0.3) is 11.1 Å². The van der Waals surface area contributed by atoms with Crippen molar-refractivity contribution in [2.24, 2.45) is 0 Å². The molecule has 0 bridgehead atoms. The van der Waals surface area contributed by atoms with Gasteiger partial charge >= 0.3 is 12.1 Å². The summed E-state index contributed by atoms with van der Waals surface area (Å²) < 4.78 is 6.13. The predicted octanol–water partition coefficient (Wildman–Crippen LogP) is 4.22. The summed E-state index contributed by atoms with van der Waals surface area (Å²) in [6, 6.07) is 20.6. The molecule has 1 aliphatic carbocycles. The Morgan fingerprint density at radius 2 is 1.60 bits per heavy atom. The van der Waals surface area contributed by atoms with Gasteiger partial charge in [0.1, 0.15) is 6.61 Å². The Balaban J connectivity index is 1.27. The number of anilines is 1. The van der Waals surface area contributed by atoms with Crippen LogP contribution >= 0.6 is 22.6 Å². The van der Waals surface area contributed by atoms with Gasteiger partial charge in [0.25, 0.3) is 0 Å². The van der Waals surface area contributed by atoms with E-state index in [0.717, 1.165) is 22.3 Å². The van der Waals surface area contributed by atoms with Gasteiger partial charge in [-0.05, 0) is 63.0 Å². The molecule has 4 N–H and O–H groups in total. The van der Waals surface area contributed by atoms with Crippen LogP contribution in [0.4, 0.5) is 10.5 Å². The monoisotopic (exact) mass is 586 g/mol. The van der Waals surface area contributed by atoms with Crippen LogP contribution in [-0.2, 0) is 9.53 Å². The number of fused-ring (bicyclic) bond motifs is 3. The smallest absolute Gasteiger partial charge is 0.407 e. The van der Waals surface area contributed by atoms with Crippen molar-refractivity contribution in [3.63, 3.8) is 0 Å². The van der Waals surface area contributed by atoms with Gasteiger partial charge in [0.05, 0.1) is 23.8 Å². The van der Waals surface area contributed by atoms with Crippen molar-refractivity contribution in [1.82, 2.24) is 5.32 Å². The van der Waals surface area contributed by atoms with Crippen molar-refractivity contribution in [2.45, 2.75) is 18.4 Å². The van der Waals surface area contributed by atoms with E-state index >= 15 is 0 Å². The first-order valence-corrected chi connectivity index (χ1v) is 12.0. The summed E-state index contributed by atoms with van der Waals surface area (Å²) in [4.78, 5) is 35.9. The molecule has 1 atom stereocenters. The zero-order chi connectivity index (χ0) is 24.9. The molecule has 0 saturated carbocycles. The van der Waals surface area contributed by atoms with Crippen molar-refractivity contribution in [3.8, 4) is 11.1 Å². The highest BCUT2D eigenvalue weighted by Gasteiger charge is 2.29. The molecule has 0 fully saturated rings. The van der Waals surface area contributed by atoms with E-state index in [0.29, 0.717) is 3.57 Å². The lowest BCUT2D eigenvalue weighted by Crippen LogP contribution is -2.35. The van der Waals surface area contributed by atoms with Crippen LogP contribution in [0, 0.1) is 3.57 Å². The Bertz CT molecular complexity index is 1230. The maximum Gasteiger partial charge on any atom is 0.407 e. The van der Waals surface area contributed by atoms with Gasteiger partial charge in [-0.1, -0.05) is 48.5 Å². The number of aliphatic hydroxyl groups excluding tert-OH is 1. The summed E-state index contributed by atoms with van der Waals surface area (Å²) in [7, 11) is 0. The highest BCUT2D eigenvalue weighted by atomic mass is 127. The molecule has 3 aromatic carbocycles. The molecule has 2 amide bonds. The number of rotatable bonds is 8. The summed E-state index contributed by atoms with van der Waals surface area (Å²) in [5.74, 6) is -1.83. The van der Waals surface area contributed by atoms with E-state index in [1.807, 2.05) is 71.1 Å². The van der Waals surface area contributed by atoms with Gasteiger partial charge in [0, 0.05) is 16.0 Å². The quantitative estimate of drug-likeness (QED) is 0.293. The minimum Gasteiger partial charge on any atom is -0.478 e. The van der Waals surface area contributed by atoms with E-state index in [-0.39, 0.29) is 36.7 Å². The molecule has 8 nitrogen and oxygen atoms in total. The Labute approximate surface area is 215 Å². The van der Waals surface area contributed by atoms with Crippen LogP contribution in [0.5, 0.6) is 0 Å². The molecule has 180 valence electrons. The second-order valence-electron chi connectivity index (χ2n) is 8.11. The van der Waals surface area contributed by atoms with Crippen molar-refractivity contribution >= 4 is 46.2 Å². The lowest BCUT2D eigenvalue weighted by molar-refractivity contribution is -0.118. The SMILES string of the molecule is O=C(CC(O)CNC(=O)OCC1c2ccccc2-c2ccccc21)Nc1ccc(I)cc1C(=O)O. The molecule has 0 aromatic heterocycles. The standard InChI is InChI=1S/C26H23IN2O6/c27-15-9-10-23(21(11-15)25(32)33)29-24(31)12-16(30)13-28-26(34)35-14-22-19-7-3-1-5-17(19)18-6-2-4-8-20(18)22/h1-11,16,22,30H,12-14H2,(H,28,34)(H,29,31)(H,32,33). The Morgan fingerprint density at radius 3 is 2.23 bits per heavy atom. The van der Waals surface area contributed by atoms with Crippen LogP contribution in [0.3, 0.4) is 0 Å². The highest BCUT2D eigenvalue weighted by molar-refractivity contribution is 14.1. The number of aromatic carboxylic acids is 1. The molecule has 3 aromatic rings. The maximum atomic E-state index is 12.3. The second kappa shape index (κ2) is 10.9. The Kier molecular flexibility index (Phi) is 7.67. The van der Waals surface area contributed by atoms with Gasteiger partial charge in [-0.2, -0.15) is 0 Å². The van der Waals surface area contributed by atoms with Gasteiger partial charge in [0.2, 0.25) is 5.91 Å². The molecule has 4 rings (SSSR count). The number of carboxylic acid groups (broad SMARTS) is 1. The second-order valence-corrected chi connectivity index (χ2v) is 9.35. The predicted molar refractivity (Wildman–Crippen MR) is 138 cm³/mol. The average molecular weight is 586 g/mol. The van der Waals surface area contributed by atoms with E-state index in [1.54, 1.807) is 6.07 Å². The van der Waals surface area contributed by atoms with E-state index < -0.39 is 24.1 Å². The Morgan fingerprint density at radius 1 is 0.971 bits per heavy atom. The van der Waals surface area contributed by atoms with Crippen LogP contribution in [-0.4, -0.2) is 47.4 Å². The first kappa shape index (κ1) is 24.7. The molecule has 0 radical (unpaired) electrons. The van der Waals surface area contributed by atoms with Crippen molar-refractivity contribution in [2.75, 3.05) is 18.5 Å². The minimum absolute atomic E-state index is 0.0449. The number of alkyl carbamates (subject to hydrolysis) is 1. The number of benzene rings is 3. The summed E-state index contributed by atoms with van der Waals surface area (Å²) in [5, 5.41) is 24.4. The molecule has 0 spiro atoms. The molecule has 1 unspecified atom stereocenters. The number of ether oxygens (including phenoxy) is 1. The third kappa shape index (κ3) is 5.80. The summed E-state index contributed by atoms with van der Waals surface area (Å²) in [5.41, 5.74) is 4.52. The fraction of sp³-hybridized carbons (Fsp3) is 0.192. The number of carboxylic acids is 1. The number of carbonyl (C=O) groups is 3. The van der Waals surface area contributed by atoms with E-state index in [2.05, 4.69) is 10.6 Å². The van der Waals surface area contributed by atoms with E-state index in [1.165, 1.54) is 12.1 Å². The van der Waals surface area contributed by atoms with Crippen molar-refractivity contribution in [3.05, 3.63) is 87.0 Å². The van der Waals surface area contributed by atoms with Gasteiger partial charge in [-0.3, -0.25) is 4.79 Å². The number of halogens is 1. The maximum absolute atomic E-state index is 12.3. The lowest BCUT2D eigenvalue weighted by atomic mass is 9.98. The van der Waals surface area contributed by atoms with Gasteiger partial charge in [-0.25, -0.2) is 9.59 Å². The molecule has 0 aliphatic heterocycles. The fourth-order valence-electron chi connectivity index (χ4n) is 4.14. The van der Waals surface area contributed by atoms with Crippen molar-refractivity contribution in [1.29, 1.82) is 0 Å². The van der Waals surface area contributed by atoms with E-state index in [9.17, 15) is 24.6 Å². The highest BCUT2D eigenvalue weighted by Crippen LogP contribution is 2.44. The first-order chi connectivity index (χ1) is 16.8. The van der Waals surface area contributed by atoms with Gasteiger partial charge < -0.3 is 25.6 Å². The zero-order valence-electron chi connectivity index (χ0n) is 18.5. The largest absolute Gasteiger partial charge is 0.478 e. The first-order valence-electron chi connectivity index (χ1n) is 10.9. The molecule has 0 saturated heterocycles. The fourth-order valence-corrected chi connectivity index (χ4v) is 4.63. The van der Waals surface area contributed by atoms with Crippen molar-refractivity contribution < 1.29 is 29.3 Å². The van der Waals surface area contributed by atoms with Crippen LogP contribution in [0.15, 0.2) is 66.7 Å². The van der Waals surface area contributed by atoms with E-state index in [4.69, 9.17) is 4.74 Å². The molecular formula is C26H23IN2O6. The van der Waals surface area contributed by atoms with Crippen LogP contribution in [0.1, 0.15) is 33.8 Å². The lowest BCUT2D eigenvalue weighted by Gasteiger charge is -2.16. The van der Waals surface area contributed by atoms with Gasteiger partial charge in [-0.15, -0.1) is 0 Å². The molecule has 35 heavy (non-hydrogen) atoms. The number of hydrogen-bond donors (Lipinski definition) is 4. The van der Waals surface area contributed by atoms with Gasteiger partial charge in [0.15, 0.2) is 0 Å².